The number of nitrogens with one attached hydrogen (secondary N) is 2. The fourth-order valence-corrected chi connectivity index (χ4v) is 2.03. The van der Waals surface area contributed by atoms with Crippen LogP contribution in [-0.4, -0.2) is 12.5 Å². The van der Waals surface area contributed by atoms with E-state index >= 15 is 0 Å². The van der Waals surface area contributed by atoms with Crippen molar-refractivity contribution in [3.05, 3.63) is 64.1 Å². The van der Waals surface area contributed by atoms with Gasteiger partial charge in [-0.1, -0.05) is 35.3 Å². The van der Waals surface area contributed by atoms with Crippen LogP contribution in [0.15, 0.2) is 48.5 Å². The Bertz CT molecular complexity index is 582. The highest BCUT2D eigenvalue weighted by Gasteiger charge is 2.01. The van der Waals surface area contributed by atoms with E-state index < -0.39 is 0 Å². The molecule has 0 aromatic heterocycles. The number of hydrogen-bond donors (Lipinski definition) is 2. The van der Waals surface area contributed by atoms with E-state index in [2.05, 4.69) is 10.6 Å². The molecule has 0 saturated carbocycles. The predicted molar refractivity (Wildman–Crippen MR) is 87.9 cm³/mol. The van der Waals surface area contributed by atoms with Gasteiger partial charge in [0.15, 0.2) is 0 Å². The molecule has 0 aliphatic carbocycles. The maximum atomic E-state index is 11.7. The molecule has 2 N–H and O–H groups in total. The van der Waals surface area contributed by atoms with Gasteiger partial charge in [-0.05, 0) is 42.0 Å². The maximum Gasteiger partial charge on any atom is 0.222 e. The van der Waals surface area contributed by atoms with Crippen molar-refractivity contribution < 1.29 is 4.79 Å². The van der Waals surface area contributed by atoms with Crippen LogP contribution in [0.2, 0.25) is 10.0 Å². The lowest BCUT2D eigenvalue weighted by Gasteiger charge is -2.08. The Labute approximate surface area is 134 Å². The van der Waals surface area contributed by atoms with Crippen molar-refractivity contribution in [2.24, 2.45) is 0 Å². The number of rotatable bonds is 6. The van der Waals surface area contributed by atoms with Gasteiger partial charge in [0, 0.05) is 35.2 Å². The monoisotopic (exact) mass is 322 g/mol. The minimum absolute atomic E-state index is 0.00594. The zero-order valence-electron chi connectivity index (χ0n) is 11.4. The van der Waals surface area contributed by atoms with Gasteiger partial charge in [0.2, 0.25) is 5.91 Å². The molecular formula is C16H16Cl2N2O. The van der Waals surface area contributed by atoms with E-state index in [4.69, 9.17) is 23.2 Å². The molecule has 0 unspecified atom stereocenters. The van der Waals surface area contributed by atoms with Crippen LogP contribution in [-0.2, 0) is 11.3 Å². The fourth-order valence-electron chi connectivity index (χ4n) is 1.78. The van der Waals surface area contributed by atoms with Crippen molar-refractivity contribution in [3.8, 4) is 0 Å². The molecule has 110 valence electrons. The Morgan fingerprint density at radius 2 is 1.48 bits per heavy atom. The van der Waals surface area contributed by atoms with Crippen molar-refractivity contribution >= 4 is 34.8 Å². The first-order valence-electron chi connectivity index (χ1n) is 6.64. The third-order valence-electron chi connectivity index (χ3n) is 2.93. The Morgan fingerprint density at radius 3 is 2.10 bits per heavy atom. The van der Waals surface area contributed by atoms with Crippen LogP contribution < -0.4 is 10.6 Å². The smallest absolute Gasteiger partial charge is 0.222 e. The molecule has 21 heavy (non-hydrogen) atoms. The predicted octanol–water partition coefficient (Wildman–Crippen LogP) is 4.11. The Morgan fingerprint density at radius 1 is 0.905 bits per heavy atom. The second-order valence-corrected chi connectivity index (χ2v) is 5.46. The molecule has 1 amide bonds. The van der Waals surface area contributed by atoms with Gasteiger partial charge in [-0.3, -0.25) is 4.79 Å². The van der Waals surface area contributed by atoms with Crippen LogP contribution in [0.5, 0.6) is 0 Å². The Balaban J connectivity index is 1.67. The van der Waals surface area contributed by atoms with Crippen molar-refractivity contribution in [1.82, 2.24) is 5.32 Å². The van der Waals surface area contributed by atoms with Crippen molar-refractivity contribution in [2.45, 2.75) is 13.0 Å². The highest BCUT2D eigenvalue weighted by atomic mass is 35.5. The summed E-state index contributed by atoms with van der Waals surface area (Å²) in [6.07, 6.45) is 0.413. The van der Waals surface area contributed by atoms with Gasteiger partial charge in [0.1, 0.15) is 0 Å². The largest absolute Gasteiger partial charge is 0.385 e. The minimum atomic E-state index is 0.00594. The van der Waals surface area contributed by atoms with E-state index in [1.807, 2.05) is 48.5 Å². The van der Waals surface area contributed by atoms with Crippen molar-refractivity contribution in [1.29, 1.82) is 0 Å². The summed E-state index contributed by atoms with van der Waals surface area (Å²) < 4.78 is 0. The summed E-state index contributed by atoms with van der Waals surface area (Å²) in [5.74, 6) is 0.00594. The van der Waals surface area contributed by atoms with Gasteiger partial charge in [-0.25, -0.2) is 0 Å². The molecule has 0 spiro atoms. The average molecular weight is 323 g/mol. The minimum Gasteiger partial charge on any atom is -0.385 e. The first-order valence-corrected chi connectivity index (χ1v) is 7.39. The van der Waals surface area contributed by atoms with E-state index in [9.17, 15) is 4.79 Å². The Kier molecular flexibility index (Phi) is 5.90. The lowest BCUT2D eigenvalue weighted by molar-refractivity contribution is -0.121. The number of anilines is 1. The summed E-state index contributed by atoms with van der Waals surface area (Å²) in [6.45, 7) is 1.09. The molecule has 0 bridgehead atoms. The molecule has 0 aliphatic rings. The zero-order chi connectivity index (χ0) is 15.1. The van der Waals surface area contributed by atoms with Crippen LogP contribution in [0.25, 0.3) is 0 Å². The van der Waals surface area contributed by atoms with Crippen molar-refractivity contribution in [3.63, 3.8) is 0 Å². The second-order valence-electron chi connectivity index (χ2n) is 4.59. The molecule has 3 nitrogen and oxygen atoms in total. The summed E-state index contributed by atoms with van der Waals surface area (Å²) in [6, 6.07) is 14.8. The molecule has 2 aromatic rings. The molecule has 0 heterocycles. The SMILES string of the molecule is O=C(CCNc1ccc(Cl)cc1)NCc1ccc(Cl)cc1. The lowest BCUT2D eigenvalue weighted by atomic mass is 10.2. The molecule has 0 aliphatic heterocycles. The number of carbonyl (C=O) groups is 1. The van der Waals surface area contributed by atoms with E-state index in [0.717, 1.165) is 11.3 Å². The summed E-state index contributed by atoms with van der Waals surface area (Å²) >= 11 is 11.6. The fraction of sp³-hybridized carbons (Fsp3) is 0.188. The number of hydrogen-bond acceptors (Lipinski definition) is 2. The van der Waals surface area contributed by atoms with Crippen molar-refractivity contribution in [2.75, 3.05) is 11.9 Å². The average Bonchev–Trinajstić information content (AvgIpc) is 2.49. The van der Waals surface area contributed by atoms with E-state index in [1.165, 1.54) is 0 Å². The van der Waals surface area contributed by atoms with Crippen LogP contribution >= 0.6 is 23.2 Å². The molecular weight excluding hydrogens is 307 g/mol. The molecule has 2 rings (SSSR count). The quantitative estimate of drug-likeness (QED) is 0.840. The van der Waals surface area contributed by atoms with E-state index in [1.54, 1.807) is 0 Å². The Hall–Kier alpha value is -1.71. The van der Waals surface area contributed by atoms with E-state index in [0.29, 0.717) is 29.6 Å². The highest BCUT2D eigenvalue weighted by molar-refractivity contribution is 6.30. The number of carbonyl (C=O) groups excluding carboxylic acids is 1. The number of halogens is 2. The molecule has 0 atom stereocenters. The topological polar surface area (TPSA) is 41.1 Å². The molecule has 0 saturated heterocycles. The van der Waals surface area contributed by atoms with E-state index in [-0.39, 0.29) is 5.91 Å². The summed E-state index contributed by atoms with van der Waals surface area (Å²) in [5, 5.41) is 7.43. The summed E-state index contributed by atoms with van der Waals surface area (Å²) in [5.41, 5.74) is 1.98. The van der Waals surface area contributed by atoms with Crippen LogP contribution in [0.1, 0.15) is 12.0 Å². The third-order valence-corrected chi connectivity index (χ3v) is 3.43. The maximum absolute atomic E-state index is 11.7. The molecule has 0 fully saturated rings. The molecule has 5 heteroatoms. The van der Waals surface area contributed by atoms with Gasteiger partial charge in [0.05, 0.1) is 0 Å². The lowest BCUT2D eigenvalue weighted by Crippen LogP contribution is -2.24. The summed E-state index contributed by atoms with van der Waals surface area (Å²) in [4.78, 5) is 11.7. The first-order chi connectivity index (χ1) is 10.1. The molecule has 0 radical (unpaired) electrons. The second kappa shape index (κ2) is 7.91. The summed E-state index contributed by atoms with van der Waals surface area (Å²) in [7, 11) is 0. The van der Waals surface area contributed by atoms with Gasteiger partial charge in [-0.2, -0.15) is 0 Å². The van der Waals surface area contributed by atoms with Gasteiger partial charge in [-0.15, -0.1) is 0 Å². The molecule has 2 aromatic carbocycles. The first kappa shape index (κ1) is 15.7. The van der Waals surface area contributed by atoms with Crippen LogP contribution in [0, 0.1) is 0 Å². The van der Waals surface area contributed by atoms with Crippen LogP contribution in [0.4, 0.5) is 5.69 Å². The van der Waals surface area contributed by atoms with Gasteiger partial charge in [0.25, 0.3) is 0 Å². The van der Waals surface area contributed by atoms with Gasteiger partial charge >= 0.3 is 0 Å². The standard InChI is InChI=1S/C16H16Cl2N2O/c17-13-3-1-12(2-4-13)11-20-16(21)9-10-19-15-7-5-14(18)6-8-15/h1-8,19H,9-11H2,(H,20,21). The number of benzene rings is 2. The zero-order valence-corrected chi connectivity index (χ0v) is 12.9. The van der Waals surface area contributed by atoms with Crippen LogP contribution in [0.3, 0.4) is 0 Å². The van der Waals surface area contributed by atoms with Gasteiger partial charge < -0.3 is 10.6 Å². The number of amides is 1. The normalized spacial score (nSPS) is 10.2. The third kappa shape index (κ3) is 5.66. The highest BCUT2D eigenvalue weighted by Crippen LogP contribution is 2.13.